The molecule has 1 aliphatic carbocycles. The average molecular weight is 433 g/mol. The molecule has 0 saturated heterocycles. The molecule has 1 atom stereocenters. The van der Waals surface area contributed by atoms with Gasteiger partial charge < -0.3 is 15.8 Å². The number of aryl methyl sites for hydroxylation is 1. The van der Waals surface area contributed by atoms with Crippen LogP contribution in [-0.4, -0.2) is 38.8 Å². The molecule has 0 aliphatic heterocycles. The first-order chi connectivity index (χ1) is 14.5. The fourth-order valence-electron chi connectivity index (χ4n) is 2.99. The number of aromatic nitrogens is 3. The SMILES string of the molecule is Cc1cc(-c2ccn3nc(NC(=O)C4CC4)cc3c2)c(OC[C@@](C)(N)C(F)(F)F)cn1. The van der Waals surface area contributed by atoms with Gasteiger partial charge in [-0.25, -0.2) is 4.52 Å². The van der Waals surface area contributed by atoms with Crippen LogP contribution in [0.2, 0.25) is 0 Å². The van der Waals surface area contributed by atoms with E-state index in [1.165, 1.54) is 6.20 Å². The number of hydrogen-bond acceptors (Lipinski definition) is 5. The first-order valence-electron chi connectivity index (χ1n) is 9.79. The summed E-state index contributed by atoms with van der Waals surface area (Å²) in [7, 11) is 0. The molecule has 10 heteroatoms. The van der Waals surface area contributed by atoms with Gasteiger partial charge in [0, 0.05) is 29.4 Å². The number of fused-ring (bicyclic) bond motifs is 1. The lowest BCUT2D eigenvalue weighted by atomic mass is 10.0. The number of halogens is 3. The summed E-state index contributed by atoms with van der Waals surface area (Å²) < 4.78 is 46.3. The van der Waals surface area contributed by atoms with E-state index in [0.717, 1.165) is 19.8 Å². The van der Waals surface area contributed by atoms with Gasteiger partial charge in [0.2, 0.25) is 5.91 Å². The summed E-state index contributed by atoms with van der Waals surface area (Å²) in [4.78, 5) is 16.1. The van der Waals surface area contributed by atoms with E-state index in [9.17, 15) is 18.0 Å². The maximum Gasteiger partial charge on any atom is 0.409 e. The first kappa shape index (κ1) is 21.1. The average Bonchev–Trinajstić information content (AvgIpc) is 3.46. The smallest absolute Gasteiger partial charge is 0.409 e. The minimum absolute atomic E-state index is 0.0430. The Morgan fingerprint density at radius 3 is 2.74 bits per heavy atom. The molecule has 3 aromatic rings. The minimum Gasteiger partial charge on any atom is -0.489 e. The summed E-state index contributed by atoms with van der Waals surface area (Å²) in [6.45, 7) is 1.91. The van der Waals surface area contributed by atoms with Crippen molar-refractivity contribution in [3.63, 3.8) is 0 Å². The van der Waals surface area contributed by atoms with Crippen molar-refractivity contribution in [3.05, 3.63) is 42.4 Å². The number of nitrogens with zero attached hydrogens (tertiary/aromatic N) is 3. The number of carbonyl (C=O) groups excluding carboxylic acids is 1. The molecule has 0 aromatic carbocycles. The predicted molar refractivity (Wildman–Crippen MR) is 109 cm³/mol. The summed E-state index contributed by atoms with van der Waals surface area (Å²) in [6.07, 6.45) is 0.273. The molecular weight excluding hydrogens is 411 g/mol. The Morgan fingerprint density at radius 1 is 1.32 bits per heavy atom. The van der Waals surface area contributed by atoms with E-state index < -0.39 is 18.3 Å². The third-order valence-electron chi connectivity index (χ3n) is 5.15. The van der Waals surface area contributed by atoms with E-state index in [1.54, 1.807) is 35.8 Å². The summed E-state index contributed by atoms with van der Waals surface area (Å²) in [5, 5.41) is 7.13. The highest BCUT2D eigenvalue weighted by Gasteiger charge is 2.49. The molecule has 0 spiro atoms. The van der Waals surface area contributed by atoms with Crippen LogP contribution in [0.25, 0.3) is 16.6 Å². The van der Waals surface area contributed by atoms with Gasteiger partial charge in [-0.3, -0.25) is 9.78 Å². The maximum atomic E-state index is 13.1. The second-order valence-corrected chi connectivity index (χ2v) is 8.10. The quantitative estimate of drug-likeness (QED) is 0.618. The maximum absolute atomic E-state index is 13.1. The Bertz CT molecular complexity index is 1140. The molecule has 7 nitrogen and oxygen atoms in total. The van der Waals surface area contributed by atoms with Crippen LogP contribution in [0.1, 0.15) is 25.5 Å². The third-order valence-corrected chi connectivity index (χ3v) is 5.15. The van der Waals surface area contributed by atoms with E-state index in [4.69, 9.17) is 10.5 Å². The molecule has 3 N–H and O–H groups in total. The number of nitrogens with one attached hydrogen (secondary N) is 1. The Labute approximate surface area is 176 Å². The highest BCUT2D eigenvalue weighted by atomic mass is 19.4. The fraction of sp³-hybridized carbons (Fsp3) is 0.381. The molecule has 31 heavy (non-hydrogen) atoms. The van der Waals surface area contributed by atoms with Crippen molar-refractivity contribution >= 4 is 17.2 Å². The van der Waals surface area contributed by atoms with Crippen LogP contribution in [-0.2, 0) is 4.79 Å². The second kappa shape index (κ2) is 7.52. The van der Waals surface area contributed by atoms with Crippen molar-refractivity contribution in [2.24, 2.45) is 11.7 Å². The van der Waals surface area contributed by atoms with Gasteiger partial charge in [-0.2, -0.15) is 18.3 Å². The summed E-state index contributed by atoms with van der Waals surface area (Å²) in [6, 6.07) is 7.04. The molecule has 3 heterocycles. The Balaban J connectivity index is 1.62. The predicted octanol–water partition coefficient (Wildman–Crippen LogP) is 3.71. The van der Waals surface area contributed by atoms with Crippen LogP contribution in [0.15, 0.2) is 36.7 Å². The largest absolute Gasteiger partial charge is 0.489 e. The van der Waals surface area contributed by atoms with Gasteiger partial charge in [0.15, 0.2) is 5.82 Å². The van der Waals surface area contributed by atoms with Crippen LogP contribution in [0.4, 0.5) is 19.0 Å². The third kappa shape index (κ3) is 4.48. The number of amides is 1. The molecule has 3 aromatic heterocycles. The van der Waals surface area contributed by atoms with Gasteiger partial charge in [0.1, 0.15) is 17.9 Å². The Kier molecular flexibility index (Phi) is 5.12. The molecular formula is C21H22F3N5O2. The van der Waals surface area contributed by atoms with Crippen molar-refractivity contribution in [1.29, 1.82) is 0 Å². The zero-order chi connectivity index (χ0) is 22.4. The summed E-state index contributed by atoms with van der Waals surface area (Å²) in [5.41, 5.74) is 5.57. The van der Waals surface area contributed by atoms with Crippen molar-refractivity contribution in [3.8, 4) is 16.9 Å². The van der Waals surface area contributed by atoms with Crippen LogP contribution >= 0.6 is 0 Å². The summed E-state index contributed by atoms with van der Waals surface area (Å²) >= 11 is 0. The van der Waals surface area contributed by atoms with Crippen molar-refractivity contribution < 1.29 is 22.7 Å². The van der Waals surface area contributed by atoms with E-state index in [1.807, 2.05) is 6.07 Å². The Morgan fingerprint density at radius 2 is 2.06 bits per heavy atom. The lowest BCUT2D eigenvalue weighted by Crippen LogP contribution is -2.55. The van der Waals surface area contributed by atoms with Gasteiger partial charge in [0.25, 0.3) is 0 Å². The van der Waals surface area contributed by atoms with E-state index in [-0.39, 0.29) is 17.6 Å². The highest BCUT2D eigenvalue weighted by Crippen LogP contribution is 2.34. The molecule has 4 rings (SSSR count). The van der Waals surface area contributed by atoms with E-state index in [2.05, 4.69) is 15.4 Å². The van der Waals surface area contributed by atoms with Gasteiger partial charge in [-0.1, -0.05) is 0 Å². The number of anilines is 1. The van der Waals surface area contributed by atoms with Crippen molar-refractivity contribution in [2.45, 2.75) is 38.4 Å². The van der Waals surface area contributed by atoms with Gasteiger partial charge in [-0.05, 0) is 50.5 Å². The van der Waals surface area contributed by atoms with Crippen molar-refractivity contribution in [2.75, 3.05) is 11.9 Å². The fourth-order valence-corrected chi connectivity index (χ4v) is 2.99. The lowest BCUT2D eigenvalue weighted by Gasteiger charge is -2.27. The topological polar surface area (TPSA) is 94.5 Å². The molecule has 1 aliphatic rings. The normalized spacial score (nSPS) is 16.2. The lowest BCUT2D eigenvalue weighted by molar-refractivity contribution is -0.187. The van der Waals surface area contributed by atoms with Crippen LogP contribution in [0.3, 0.4) is 0 Å². The number of ether oxygens (including phenoxy) is 1. The standard InChI is InChI=1S/C21H22F3N5O2/c1-12-7-16(17(10-26-12)31-11-20(2,25)21(22,23)24)14-5-6-29-15(8-14)9-18(28-29)27-19(30)13-3-4-13/h5-10,13H,3-4,11,25H2,1-2H3,(H,27,28,30)/t20-/m1/s1. The van der Waals surface area contributed by atoms with Crippen molar-refractivity contribution in [1.82, 2.24) is 14.6 Å². The monoisotopic (exact) mass is 433 g/mol. The van der Waals surface area contributed by atoms with E-state index >= 15 is 0 Å². The Hall–Kier alpha value is -3.14. The molecule has 1 saturated carbocycles. The number of pyridine rings is 2. The number of nitrogens with two attached hydrogens (primary N) is 1. The number of rotatable bonds is 6. The number of carbonyl (C=O) groups is 1. The van der Waals surface area contributed by atoms with Crippen LogP contribution in [0, 0.1) is 12.8 Å². The highest BCUT2D eigenvalue weighted by molar-refractivity contribution is 5.93. The van der Waals surface area contributed by atoms with Crippen LogP contribution < -0.4 is 15.8 Å². The van der Waals surface area contributed by atoms with Crippen LogP contribution in [0.5, 0.6) is 5.75 Å². The molecule has 0 unspecified atom stereocenters. The van der Waals surface area contributed by atoms with Gasteiger partial charge in [-0.15, -0.1) is 0 Å². The van der Waals surface area contributed by atoms with Gasteiger partial charge >= 0.3 is 6.18 Å². The zero-order valence-corrected chi connectivity index (χ0v) is 17.0. The zero-order valence-electron chi connectivity index (χ0n) is 17.0. The minimum atomic E-state index is -4.61. The number of hydrogen-bond donors (Lipinski definition) is 2. The molecule has 1 fully saturated rings. The first-order valence-corrected chi connectivity index (χ1v) is 9.79. The molecule has 0 bridgehead atoms. The second-order valence-electron chi connectivity index (χ2n) is 8.10. The molecule has 1 amide bonds. The molecule has 0 radical (unpaired) electrons. The molecule has 164 valence electrons. The number of alkyl halides is 3. The van der Waals surface area contributed by atoms with Gasteiger partial charge in [0.05, 0.1) is 11.7 Å². The summed E-state index contributed by atoms with van der Waals surface area (Å²) in [5.74, 6) is 0.654. The van der Waals surface area contributed by atoms with E-state index in [0.29, 0.717) is 28.2 Å².